The Kier molecular flexibility index (Phi) is 6.02. The van der Waals surface area contributed by atoms with Crippen molar-refractivity contribution in [3.8, 4) is 5.75 Å². The van der Waals surface area contributed by atoms with Crippen molar-refractivity contribution in [1.29, 1.82) is 0 Å². The van der Waals surface area contributed by atoms with Gasteiger partial charge in [0.15, 0.2) is 6.10 Å². The summed E-state index contributed by atoms with van der Waals surface area (Å²) >= 11 is 5.97. The first-order chi connectivity index (χ1) is 11.0. The first-order valence-electron chi connectivity index (χ1n) is 7.48. The summed E-state index contributed by atoms with van der Waals surface area (Å²) < 4.78 is 5.64. The molecule has 0 aromatic heterocycles. The summed E-state index contributed by atoms with van der Waals surface area (Å²) in [6.07, 6.45) is -0.612. The number of benzene rings is 2. The lowest BCUT2D eigenvalue weighted by Gasteiger charge is -2.17. The van der Waals surface area contributed by atoms with Crippen LogP contribution in [0.2, 0.25) is 5.02 Å². The van der Waals surface area contributed by atoms with E-state index in [2.05, 4.69) is 5.32 Å². The molecule has 2 rings (SSSR count). The SMILES string of the molecule is Cc1cc(OC(C)C(=O)NCC(N)c2ccccc2)ccc1Cl. The van der Waals surface area contributed by atoms with Gasteiger partial charge in [0.2, 0.25) is 0 Å². The van der Waals surface area contributed by atoms with Crippen LogP contribution in [-0.2, 0) is 4.79 Å². The molecule has 23 heavy (non-hydrogen) atoms. The lowest BCUT2D eigenvalue weighted by atomic mass is 10.1. The van der Waals surface area contributed by atoms with Crippen molar-refractivity contribution in [1.82, 2.24) is 5.32 Å². The number of aryl methyl sites for hydroxylation is 1. The molecular formula is C18H21ClN2O2. The van der Waals surface area contributed by atoms with Crippen molar-refractivity contribution in [2.75, 3.05) is 6.54 Å². The number of halogens is 1. The van der Waals surface area contributed by atoms with Gasteiger partial charge in [-0.2, -0.15) is 0 Å². The number of nitrogens with one attached hydrogen (secondary N) is 1. The Morgan fingerprint density at radius 2 is 1.96 bits per heavy atom. The first-order valence-corrected chi connectivity index (χ1v) is 7.86. The maximum absolute atomic E-state index is 12.1. The molecule has 4 nitrogen and oxygen atoms in total. The highest BCUT2D eigenvalue weighted by molar-refractivity contribution is 6.31. The van der Waals surface area contributed by atoms with Crippen molar-refractivity contribution >= 4 is 17.5 Å². The Bertz CT molecular complexity index is 661. The van der Waals surface area contributed by atoms with Crippen molar-refractivity contribution < 1.29 is 9.53 Å². The topological polar surface area (TPSA) is 64.3 Å². The average molecular weight is 333 g/mol. The maximum Gasteiger partial charge on any atom is 0.260 e. The highest BCUT2D eigenvalue weighted by atomic mass is 35.5. The first kappa shape index (κ1) is 17.3. The number of ether oxygens (including phenoxy) is 1. The molecule has 1 amide bonds. The van der Waals surface area contributed by atoms with E-state index in [1.807, 2.05) is 43.3 Å². The number of rotatable bonds is 6. The van der Waals surface area contributed by atoms with Crippen LogP contribution in [-0.4, -0.2) is 18.6 Å². The second-order valence-corrected chi connectivity index (χ2v) is 5.84. The molecule has 2 unspecified atom stereocenters. The van der Waals surface area contributed by atoms with Gasteiger partial charge in [-0.25, -0.2) is 0 Å². The van der Waals surface area contributed by atoms with Gasteiger partial charge in [0, 0.05) is 17.6 Å². The lowest BCUT2D eigenvalue weighted by Crippen LogP contribution is -2.39. The second kappa shape index (κ2) is 7.99. The summed E-state index contributed by atoms with van der Waals surface area (Å²) in [7, 11) is 0. The molecule has 0 radical (unpaired) electrons. The van der Waals surface area contributed by atoms with E-state index >= 15 is 0 Å². The van der Waals surface area contributed by atoms with E-state index in [1.54, 1.807) is 19.1 Å². The van der Waals surface area contributed by atoms with Crippen molar-refractivity contribution in [3.63, 3.8) is 0 Å². The fourth-order valence-electron chi connectivity index (χ4n) is 2.12. The van der Waals surface area contributed by atoms with Crippen LogP contribution in [0.3, 0.4) is 0 Å². The summed E-state index contributed by atoms with van der Waals surface area (Å²) in [4.78, 5) is 12.1. The number of amides is 1. The molecule has 2 aromatic carbocycles. The van der Waals surface area contributed by atoms with Gasteiger partial charge in [0.25, 0.3) is 5.91 Å². The second-order valence-electron chi connectivity index (χ2n) is 5.43. The molecule has 3 N–H and O–H groups in total. The van der Waals surface area contributed by atoms with Crippen LogP contribution in [0.5, 0.6) is 5.75 Å². The van der Waals surface area contributed by atoms with Crippen molar-refractivity contribution in [3.05, 3.63) is 64.7 Å². The van der Waals surface area contributed by atoms with Crippen molar-refractivity contribution in [2.45, 2.75) is 26.0 Å². The molecule has 0 aliphatic carbocycles. The van der Waals surface area contributed by atoms with E-state index in [0.29, 0.717) is 17.3 Å². The quantitative estimate of drug-likeness (QED) is 0.853. The summed E-state index contributed by atoms with van der Waals surface area (Å²) in [6.45, 7) is 3.95. The minimum absolute atomic E-state index is 0.205. The predicted octanol–water partition coefficient (Wildman–Crippen LogP) is 3.23. The van der Waals surface area contributed by atoms with Gasteiger partial charge in [-0.15, -0.1) is 0 Å². The molecule has 0 saturated carbocycles. The van der Waals surface area contributed by atoms with E-state index in [1.165, 1.54) is 0 Å². The Hall–Kier alpha value is -2.04. The number of carbonyl (C=O) groups is 1. The van der Waals surface area contributed by atoms with Gasteiger partial charge in [0.05, 0.1) is 0 Å². The van der Waals surface area contributed by atoms with Gasteiger partial charge in [-0.3, -0.25) is 4.79 Å². The van der Waals surface area contributed by atoms with Crippen LogP contribution in [0.1, 0.15) is 24.1 Å². The fourth-order valence-corrected chi connectivity index (χ4v) is 2.24. The number of carbonyl (C=O) groups excluding carboxylic acids is 1. The molecule has 0 bridgehead atoms. The molecule has 0 heterocycles. The summed E-state index contributed by atoms with van der Waals surface area (Å²) in [5.41, 5.74) is 7.95. The van der Waals surface area contributed by atoms with Gasteiger partial charge >= 0.3 is 0 Å². The minimum atomic E-state index is -0.612. The standard InChI is InChI=1S/C18H21ClN2O2/c1-12-10-15(8-9-16(12)19)23-13(2)18(22)21-11-17(20)14-6-4-3-5-7-14/h3-10,13,17H,11,20H2,1-2H3,(H,21,22). The molecular weight excluding hydrogens is 312 g/mol. The van der Waals surface area contributed by atoms with Gasteiger partial charge < -0.3 is 15.8 Å². The third kappa shape index (κ3) is 4.98. The normalized spacial score (nSPS) is 13.2. The predicted molar refractivity (Wildman–Crippen MR) is 92.7 cm³/mol. The highest BCUT2D eigenvalue weighted by Crippen LogP contribution is 2.21. The van der Waals surface area contributed by atoms with Crippen LogP contribution >= 0.6 is 11.6 Å². The summed E-state index contributed by atoms with van der Waals surface area (Å²) in [6, 6.07) is 14.7. The molecule has 0 aliphatic heterocycles. The molecule has 122 valence electrons. The maximum atomic E-state index is 12.1. The van der Waals surface area contributed by atoms with E-state index in [0.717, 1.165) is 11.1 Å². The van der Waals surface area contributed by atoms with E-state index in [-0.39, 0.29) is 11.9 Å². The van der Waals surface area contributed by atoms with Crippen LogP contribution in [0.25, 0.3) is 0 Å². The van der Waals surface area contributed by atoms with E-state index in [4.69, 9.17) is 22.1 Å². The fraction of sp³-hybridized carbons (Fsp3) is 0.278. The van der Waals surface area contributed by atoms with Gasteiger partial charge in [0.1, 0.15) is 5.75 Å². The zero-order valence-corrected chi connectivity index (χ0v) is 14.0. The van der Waals surface area contributed by atoms with Gasteiger partial charge in [-0.05, 0) is 43.2 Å². The molecule has 0 aliphatic rings. The molecule has 5 heteroatoms. The largest absolute Gasteiger partial charge is 0.481 e. The van der Waals surface area contributed by atoms with Crippen LogP contribution in [0, 0.1) is 6.92 Å². The number of hydrogen-bond acceptors (Lipinski definition) is 3. The molecule has 0 saturated heterocycles. The molecule has 0 fully saturated rings. The van der Waals surface area contributed by atoms with Crippen molar-refractivity contribution in [2.24, 2.45) is 5.73 Å². The monoisotopic (exact) mass is 332 g/mol. The average Bonchev–Trinajstić information content (AvgIpc) is 2.56. The summed E-state index contributed by atoms with van der Waals surface area (Å²) in [5.74, 6) is 0.408. The molecule has 0 spiro atoms. The Labute approximate surface area is 141 Å². The number of nitrogens with two attached hydrogens (primary N) is 1. The van der Waals surface area contributed by atoms with Gasteiger partial charge in [-0.1, -0.05) is 41.9 Å². The Balaban J connectivity index is 1.86. The number of hydrogen-bond donors (Lipinski definition) is 2. The molecule has 2 atom stereocenters. The van der Waals surface area contributed by atoms with Crippen LogP contribution in [0.15, 0.2) is 48.5 Å². The lowest BCUT2D eigenvalue weighted by molar-refractivity contribution is -0.127. The summed E-state index contributed by atoms with van der Waals surface area (Å²) in [5, 5.41) is 3.48. The van der Waals surface area contributed by atoms with Crippen LogP contribution in [0.4, 0.5) is 0 Å². The van der Waals surface area contributed by atoms with E-state index < -0.39 is 6.10 Å². The zero-order valence-electron chi connectivity index (χ0n) is 13.3. The van der Waals surface area contributed by atoms with Crippen LogP contribution < -0.4 is 15.8 Å². The van der Waals surface area contributed by atoms with E-state index in [9.17, 15) is 4.79 Å². The minimum Gasteiger partial charge on any atom is -0.481 e. The molecule has 2 aromatic rings. The smallest absolute Gasteiger partial charge is 0.260 e. The third-order valence-corrected chi connectivity index (χ3v) is 3.96. The zero-order chi connectivity index (χ0) is 16.8. The third-order valence-electron chi connectivity index (χ3n) is 3.54. The highest BCUT2D eigenvalue weighted by Gasteiger charge is 2.16. The Morgan fingerprint density at radius 1 is 1.26 bits per heavy atom. The Morgan fingerprint density at radius 3 is 2.61 bits per heavy atom.